The molecule has 0 radical (unpaired) electrons. The van der Waals surface area contributed by atoms with E-state index in [4.69, 9.17) is 4.74 Å². The molecule has 0 atom stereocenters. The highest BCUT2D eigenvalue weighted by atomic mass is 19.4. The number of H-pyrrole nitrogens is 5. The zero-order valence-electron chi connectivity index (χ0n) is 81.6. The Morgan fingerprint density at radius 3 is 1.26 bits per heavy atom. The molecule has 147 heavy (non-hydrogen) atoms. The number of ether oxygens (including phenoxy) is 2. The van der Waals surface area contributed by atoms with E-state index in [0.717, 1.165) is 130 Å². The summed E-state index contributed by atoms with van der Waals surface area (Å²) >= 11 is 0. The Hall–Kier alpha value is -18.0. The molecule has 12 N–H and O–H groups in total. The van der Waals surface area contributed by atoms with Gasteiger partial charge in [0.05, 0.1) is 79.8 Å². The highest BCUT2D eigenvalue weighted by Crippen LogP contribution is 2.49. The van der Waals surface area contributed by atoms with Gasteiger partial charge in [-0.3, -0.25) is 54.3 Å². The number of ketones is 1. The number of aliphatic hydroxyl groups excluding tert-OH is 1. The summed E-state index contributed by atoms with van der Waals surface area (Å²) in [5, 5.41) is 77.1. The number of rotatable bonds is 23. The second-order valence-corrected chi connectivity index (χ2v) is 38.1. The number of Topliss-reactive ketones (excluding diaryl/α,β-unsaturated/α-hetero) is 1. The average molecular weight is 1970 g/mol. The summed E-state index contributed by atoms with van der Waals surface area (Å²) in [5.74, 6) is -1.15. The minimum atomic E-state index is -4.75. The van der Waals surface area contributed by atoms with Gasteiger partial charge in [-0.1, -0.05) is 172 Å². The lowest BCUT2D eigenvalue weighted by Gasteiger charge is -2.20. The van der Waals surface area contributed by atoms with Gasteiger partial charge in [-0.2, -0.15) is 25.5 Å². The van der Waals surface area contributed by atoms with Gasteiger partial charge in [0.1, 0.15) is 28.8 Å². The normalized spacial score (nSPS) is 12.1. The van der Waals surface area contributed by atoms with E-state index in [1.54, 1.807) is 119 Å². The fourth-order valence-electron chi connectivity index (χ4n) is 16.6. The van der Waals surface area contributed by atoms with E-state index in [0.29, 0.717) is 61.8 Å². The van der Waals surface area contributed by atoms with Gasteiger partial charge in [-0.25, -0.2) is 4.39 Å². The van der Waals surface area contributed by atoms with E-state index in [-0.39, 0.29) is 53.6 Å². The molecule has 0 bridgehead atoms. The number of aromatic nitrogens is 10. The molecule has 5 aromatic heterocycles. The van der Waals surface area contributed by atoms with E-state index in [2.05, 4.69) is 158 Å². The fraction of sp³-hybridized carbons (Fsp3) is 0.154. The van der Waals surface area contributed by atoms with Crippen LogP contribution in [0.4, 0.5) is 51.7 Å². The van der Waals surface area contributed by atoms with E-state index >= 15 is 0 Å². The Bertz CT molecular complexity index is 8180. The number of aromatic amines is 5. The lowest BCUT2D eigenvalue weighted by molar-refractivity contribution is -0.274. The maximum Gasteiger partial charge on any atom is 0.573 e. The molecule has 20 aromatic rings. The van der Waals surface area contributed by atoms with Crippen molar-refractivity contribution in [2.45, 2.75) is 90.5 Å². The molecule has 1 fully saturated rings. The Morgan fingerprint density at radius 1 is 0.395 bits per heavy atom. The SMILES string of the molecule is CC(C)(C)c1ccc(-c2n[nH]c3ccc(NC(=O)C4(c5ccccc5)CC4)cc23)cc1.CC(C)(CO)C(=O)Nc1ccc2[nH]nc(-c3ccc4ccccc4c3)c2c1.CC(C)(O)CC(=O)Nc1ccc2[nH]nc(-c3ccc(Oc4ccccc4)cc3)c2c1.CN(C)c1ccc(C(=O)Nc2ccc3[nH]nc(-c4ccc(OC(F)(F)F)cc4)c3c2)cc1.O=C(Nc1ccc2[nH]nc(-c3cccc(F)c3)c2c1)C(=O)c1ccccc1. The number of hydrogen-bond donors (Lipinski definition) is 12. The first-order chi connectivity index (χ1) is 70.5. The molecule has 30 heteroatoms. The Balaban J connectivity index is 0.000000126. The molecule has 0 unspecified atom stereocenters. The molecule has 5 amide bonds. The number of nitrogens with zero attached hydrogens (tertiary/aromatic N) is 6. The summed E-state index contributed by atoms with van der Waals surface area (Å²) in [6.45, 7) is 13.0. The number of carbonyl (C=O) groups excluding carboxylic acids is 6. The number of alkyl halides is 3. The van der Waals surface area contributed by atoms with Crippen LogP contribution in [-0.4, -0.2) is 129 Å². The van der Waals surface area contributed by atoms with Crippen molar-refractivity contribution >= 4 is 135 Å². The van der Waals surface area contributed by atoms with Crippen LogP contribution in [0.15, 0.2) is 346 Å². The smallest absolute Gasteiger partial charge is 0.457 e. The molecule has 1 saturated carbocycles. The average Bonchev–Trinajstić information content (AvgIpc) is 1.60. The number of nitrogens with one attached hydrogen (secondary N) is 10. The van der Waals surface area contributed by atoms with Gasteiger partial charge in [0.25, 0.3) is 17.6 Å². The number of para-hydroxylation sites is 1. The first kappa shape index (κ1) is 100. The lowest BCUT2D eigenvalue weighted by atomic mass is 9.86. The van der Waals surface area contributed by atoms with Crippen LogP contribution in [0.5, 0.6) is 17.2 Å². The van der Waals surface area contributed by atoms with E-state index in [9.17, 15) is 56.5 Å². The molecule has 26 nitrogen and oxygen atoms in total. The number of halogens is 4. The van der Waals surface area contributed by atoms with Crippen molar-refractivity contribution in [2.24, 2.45) is 5.41 Å². The highest BCUT2D eigenvalue weighted by Gasteiger charge is 2.51. The van der Waals surface area contributed by atoms with Crippen LogP contribution in [0.2, 0.25) is 0 Å². The molecule has 1 aliphatic rings. The van der Waals surface area contributed by atoms with Crippen molar-refractivity contribution in [1.82, 2.24) is 51.0 Å². The van der Waals surface area contributed by atoms with Gasteiger partial charge in [-0.05, 0) is 262 Å². The summed E-state index contributed by atoms with van der Waals surface area (Å²) < 4.78 is 60.4. The van der Waals surface area contributed by atoms with Crippen LogP contribution in [0.25, 0.3) is 122 Å². The van der Waals surface area contributed by atoms with Crippen LogP contribution in [-0.2, 0) is 30.0 Å². The first-order valence-electron chi connectivity index (χ1n) is 47.3. The third-order valence-corrected chi connectivity index (χ3v) is 24.7. The van der Waals surface area contributed by atoms with E-state index in [1.165, 1.54) is 47.3 Å². The lowest BCUT2D eigenvalue weighted by Crippen LogP contribution is -2.33. The monoisotopic (exact) mass is 1970 g/mol. The quantitative estimate of drug-likeness (QED) is 0.0161. The molecule has 15 aromatic carbocycles. The number of amides is 5. The zero-order chi connectivity index (χ0) is 103. The molecule has 5 heterocycles. The Kier molecular flexibility index (Phi) is 29.4. The highest BCUT2D eigenvalue weighted by molar-refractivity contribution is 6.46. The fourth-order valence-corrected chi connectivity index (χ4v) is 16.6. The van der Waals surface area contributed by atoms with E-state index < -0.39 is 34.5 Å². The Morgan fingerprint density at radius 2 is 0.803 bits per heavy atom. The summed E-state index contributed by atoms with van der Waals surface area (Å²) in [6.07, 6.45) is -2.95. The second-order valence-electron chi connectivity index (χ2n) is 38.1. The van der Waals surface area contributed by atoms with Crippen molar-refractivity contribution in [3.8, 4) is 73.5 Å². The van der Waals surface area contributed by atoms with Gasteiger partial charge in [0, 0.05) is 114 Å². The van der Waals surface area contributed by atoms with Gasteiger partial charge in [0.2, 0.25) is 17.7 Å². The second kappa shape index (κ2) is 43.0. The molecule has 0 spiro atoms. The van der Waals surface area contributed by atoms with Crippen molar-refractivity contribution in [2.75, 3.05) is 52.2 Å². The largest absolute Gasteiger partial charge is 0.573 e. The zero-order valence-corrected chi connectivity index (χ0v) is 81.6. The van der Waals surface area contributed by atoms with Gasteiger partial charge in [-0.15, -0.1) is 13.2 Å². The van der Waals surface area contributed by atoms with Crippen LogP contribution in [0, 0.1) is 11.2 Å². The maximum absolute atomic E-state index is 13.5. The van der Waals surface area contributed by atoms with Crippen LogP contribution in [0.1, 0.15) is 99.6 Å². The van der Waals surface area contributed by atoms with Crippen molar-refractivity contribution in [3.05, 3.63) is 374 Å². The molecule has 0 saturated heterocycles. The summed E-state index contributed by atoms with van der Waals surface area (Å²) in [4.78, 5) is 76.6. The summed E-state index contributed by atoms with van der Waals surface area (Å²) in [6, 6.07) is 105. The number of aliphatic hydroxyl groups is 2. The summed E-state index contributed by atoms with van der Waals surface area (Å²) in [5.41, 5.74) is 17.2. The molecule has 740 valence electrons. The molecular weight excluding hydrogens is 1870 g/mol. The number of hydrogen-bond acceptors (Lipinski definition) is 16. The Labute approximate surface area is 842 Å². The van der Waals surface area contributed by atoms with Gasteiger partial charge in [0.15, 0.2) is 0 Å². The van der Waals surface area contributed by atoms with Gasteiger partial charge >= 0.3 is 6.36 Å². The number of anilines is 6. The predicted octanol–water partition coefficient (Wildman–Crippen LogP) is 25.3. The molecular formula is C117H104F4N16O10. The standard InChI is InChI=1S/C27H27N3O.C24H23N3O3.C23H19F3N4O2.C22H21N3O2.C21H14FN3O2/c1-26(2,3)19-11-9-18(10-12-19)24-22-17-21(13-14-23(22)29-30-24)28-25(31)27(15-16-27)20-7-5-4-6-8-20;1-24(2,29)15-22(28)25-17-10-13-21-20(14-17)23(27-26-21)16-8-11-19(12-9-16)30-18-6-4-3-5-7-18;1-30(2)17-8-3-15(4-9-17)22(31)27-16-7-12-20-19(13-16)21(29-28-20)14-5-10-18(11-6-14)32-23(24,25)26;1-22(2,13-26)21(27)23-17-9-10-19-18(12-17)20(25-24-19)16-8-7-14-5-3-4-6-15(14)11-16;22-15-8-4-7-14(11-15)19-17-12-16(9-10-18(17)24-25-19)23-21(27)20(26)13-5-2-1-3-6-13/h4-14,17H,15-16H2,1-3H3,(H,28,31)(H,29,30);3-14,29H,15H2,1-2H3,(H,25,28)(H,26,27);3-13H,1-2H3,(H,27,31)(H,28,29);3-12,26H,13H2,1-2H3,(H,23,27)(H,24,25);1-12H,(H,23,27)(H,24,25). The number of carbonyl (C=O) groups is 6. The van der Waals surface area contributed by atoms with Crippen LogP contribution < -0.4 is 41.0 Å². The van der Waals surface area contributed by atoms with Crippen molar-refractivity contribution in [3.63, 3.8) is 0 Å². The maximum atomic E-state index is 13.5. The minimum Gasteiger partial charge on any atom is -0.457 e. The molecule has 1 aliphatic carbocycles. The topological polar surface area (TPSA) is 368 Å². The predicted molar refractivity (Wildman–Crippen MR) is 570 cm³/mol. The molecule has 0 aliphatic heterocycles. The third kappa shape index (κ3) is 24.5. The van der Waals surface area contributed by atoms with Crippen LogP contribution >= 0.6 is 0 Å². The third-order valence-electron chi connectivity index (χ3n) is 24.7. The molecule has 21 rings (SSSR count). The first-order valence-corrected chi connectivity index (χ1v) is 47.3. The number of benzene rings is 15. The van der Waals surface area contributed by atoms with Gasteiger partial charge < -0.3 is 51.2 Å². The van der Waals surface area contributed by atoms with Crippen molar-refractivity contribution in [1.29, 1.82) is 0 Å². The minimum absolute atomic E-state index is 0.0200. The summed E-state index contributed by atoms with van der Waals surface area (Å²) in [7, 11) is 3.84. The van der Waals surface area contributed by atoms with Crippen LogP contribution in [0.3, 0.4) is 0 Å². The van der Waals surface area contributed by atoms with Crippen molar-refractivity contribution < 1.29 is 66.0 Å². The number of fused-ring (bicyclic) bond motifs is 6. The van der Waals surface area contributed by atoms with E-state index in [1.807, 2.05) is 183 Å².